The molecule has 0 fully saturated rings. The number of anilines is 2. The van der Waals surface area contributed by atoms with Crippen molar-refractivity contribution in [3.8, 4) is 0 Å². The summed E-state index contributed by atoms with van der Waals surface area (Å²) in [5, 5.41) is 16.1. The molecule has 2 heterocycles. The van der Waals surface area contributed by atoms with Crippen LogP contribution in [0.2, 0.25) is 0 Å². The zero-order chi connectivity index (χ0) is 15.6. The largest absolute Gasteiger partial charge is 0.243 e. The van der Waals surface area contributed by atoms with Gasteiger partial charge in [0.2, 0.25) is 0 Å². The summed E-state index contributed by atoms with van der Waals surface area (Å²) < 4.78 is 0. The Kier molecular flexibility index (Phi) is 5.91. The minimum Gasteiger partial charge on any atom is -0.243 e. The van der Waals surface area contributed by atoms with Gasteiger partial charge in [0.1, 0.15) is 11.6 Å². The van der Waals surface area contributed by atoms with E-state index in [-0.39, 0.29) is 12.1 Å². The van der Waals surface area contributed by atoms with Gasteiger partial charge in [-0.25, -0.2) is 20.8 Å². The summed E-state index contributed by atoms with van der Waals surface area (Å²) in [4.78, 5) is 8.16. The van der Waals surface area contributed by atoms with Crippen molar-refractivity contribution in [2.45, 2.75) is 25.9 Å². The van der Waals surface area contributed by atoms with Gasteiger partial charge in [0.25, 0.3) is 0 Å². The van der Waals surface area contributed by atoms with Gasteiger partial charge in [0, 0.05) is 12.4 Å². The van der Waals surface area contributed by atoms with E-state index in [0.717, 1.165) is 0 Å². The Morgan fingerprint density at radius 3 is 1.59 bits per heavy atom. The summed E-state index contributed by atoms with van der Waals surface area (Å²) in [6.07, 6.45) is 3.36. The quantitative estimate of drug-likeness (QED) is 0.603. The van der Waals surface area contributed by atoms with Crippen molar-refractivity contribution in [3.05, 3.63) is 48.8 Å². The van der Waals surface area contributed by atoms with Crippen molar-refractivity contribution in [2.24, 2.45) is 20.7 Å². The van der Waals surface area contributed by atoms with Gasteiger partial charge in [-0.05, 0) is 38.1 Å². The first kappa shape index (κ1) is 15.5. The number of rotatable bonds is 7. The molecule has 0 aliphatic rings. The summed E-state index contributed by atoms with van der Waals surface area (Å²) >= 11 is 0. The molecule has 2 aromatic rings. The molecule has 0 aliphatic heterocycles. The third kappa shape index (κ3) is 5.23. The van der Waals surface area contributed by atoms with E-state index in [0.29, 0.717) is 11.6 Å². The SMILES string of the molecule is CC(N=NNc1ccccn1)C(C)N=NNc1ccccn1. The predicted octanol–water partition coefficient (Wildman–Crippen LogP) is 3.51. The van der Waals surface area contributed by atoms with Crippen LogP contribution >= 0.6 is 0 Å². The summed E-state index contributed by atoms with van der Waals surface area (Å²) in [5.74, 6) is 1.29. The van der Waals surface area contributed by atoms with E-state index < -0.39 is 0 Å². The fourth-order valence-electron chi connectivity index (χ4n) is 1.39. The molecule has 0 saturated carbocycles. The summed E-state index contributed by atoms with van der Waals surface area (Å²) in [5.41, 5.74) is 5.52. The van der Waals surface area contributed by atoms with Crippen LogP contribution in [0.25, 0.3) is 0 Å². The molecule has 0 amide bonds. The van der Waals surface area contributed by atoms with Crippen LogP contribution in [-0.2, 0) is 0 Å². The minimum absolute atomic E-state index is 0.120. The predicted molar refractivity (Wildman–Crippen MR) is 84.4 cm³/mol. The maximum Gasteiger partial charge on any atom is 0.147 e. The molecule has 0 saturated heterocycles. The normalized spacial score (nSPS) is 14.1. The highest BCUT2D eigenvalue weighted by Gasteiger charge is 2.09. The van der Waals surface area contributed by atoms with Gasteiger partial charge in [0.05, 0.1) is 12.1 Å². The molecule has 0 aliphatic carbocycles. The van der Waals surface area contributed by atoms with E-state index in [1.165, 1.54) is 0 Å². The number of nitrogens with zero attached hydrogens (tertiary/aromatic N) is 6. The fourth-order valence-corrected chi connectivity index (χ4v) is 1.39. The molecule has 2 atom stereocenters. The van der Waals surface area contributed by atoms with Gasteiger partial charge in [-0.3, -0.25) is 0 Å². The van der Waals surface area contributed by atoms with Crippen LogP contribution in [0, 0.1) is 0 Å². The highest BCUT2D eigenvalue weighted by Crippen LogP contribution is 2.06. The number of hydrogen-bond donors (Lipinski definition) is 2. The lowest BCUT2D eigenvalue weighted by atomic mass is 10.2. The standard InChI is InChI=1S/C14H18N8/c1-11(17-21-19-13-7-3-5-9-15-13)12(2)18-22-20-14-8-4-6-10-16-14/h3-12H,1-2H3,(H,15,17,19)(H,16,18,20). The van der Waals surface area contributed by atoms with Crippen molar-refractivity contribution in [2.75, 3.05) is 10.9 Å². The maximum atomic E-state index is 4.12. The highest BCUT2D eigenvalue weighted by atomic mass is 15.5. The van der Waals surface area contributed by atoms with E-state index in [1.54, 1.807) is 12.4 Å². The second kappa shape index (κ2) is 8.40. The molecule has 2 aromatic heterocycles. The molecule has 0 bridgehead atoms. The lowest BCUT2D eigenvalue weighted by Crippen LogP contribution is -2.15. The molecule has 22 heavy (non-hydrogen) atoms. The number of aromatic nitrogens is 2. The van der Waals surface area contributed by atoms with Gasteiger partial charge < -0.3 is 0 Å². The Morgan fingerprint density at radius 1 is 0.773 bits per heavy atom. The number of nitrogens with one attached hydrogen (secondary N) is 2. The molecule has 8 nitrogen and oxygen atoms in total. The third-order valence-electron chi connectivity index (χ3n) is 2.84. The monoisotopic (exact) mass is 298 g/mol. The third-order valence-corrected chi connectivity index (χ3v) is 2.84. The van der Waals surface area contributed by atoms with Crippen molar-refractivity contribution < 1.29 is 0 Å². The zero-order valence-electron chi connectivity index (χ0n) is 12.5. The molecule has 0 aromatic carbocycles. The molecule has 0 spiro atoms. The fraction of sp³-hybridized carbons (Fsp3) is 0.286. The molecular formula is C14H18N8. The topological polar surface area (TPSA) is 99.3 Å². The van der Waals surface area contributed by atoms with Gasteiger partial charge in [0.15, 0.2) is 0 Å². The first-order chi connectivity index (χ1) is 10.8. The first-order valence-electron chi connectivity index (χ1n) is 6.89. The molecule has 2 N–H and O–H groups in total. The van der Waals surface area contributed by atoms with E-state index >= 15 is 0 Å². The summed E-state index contributed by atoms with van der Waals surface area (Å²) in [6, 6.07) is 10.8. The Morgan fingerprint density at radius 2 is 1.23 bits per heavy atom. The number of pyridine rings is 2. The molecule has 2 rings (SSSR count). The maximum absolute atomic E-state index is 4.12. The highest BCUT2D eigenvalue weighted by molar-refractivity contribution is 5.32. The molecule has 8 heteroatoms. The van der Waals surface area contributed by atoms with Crippen LogP contribution in [-0.4, -0.2) is 22.1 Å². The van der Waals surface area contributed by atoms with Crippen molar-refractivity contribution >= 4 is 11.6 Å². The Labute approximate surface area is 128 Å². The van der Waals surface area contributed by atoms with E-state index in [2.05, 4.69) is 41.5 Å². The molecule has 2 unspecified atom stereocenters. The second-order valence-electron chi connectivity index (χ2n) is 4.57. The van der Waals surface area contributed by atoms with Gasteiger partial charge in [-0.2, -0.15) is 10.2 Å². The zero-order valence-corrected chi connectivity index (χ0v) is 12.5. The molecular weight excluding hydrogens is 280 g/mol. The van der Waals surface area contributed by atoms with Crippen molar-refractivity contribution in [3.63, 3.8) is 0 Å². The Bertz CT molecular complexity index is 543. The van der Waals surface area contributed by atoms with Crippen LogP contribution in [0.1, 0.15) is 13.8 Å². The van der Waals surface area contributed by atoms with E-state index in [9.17, 15) is 0 Å². The van der Waals surface area contributed by atoms with Crippen molar-refractivity contribution in [1.29, 1.82) is 0 Å². The van der Waals surface area contributed by atoms with Gasteiger partial charge in [-0.1, -0.05) is 22.6 Å². The Hall–Kier alpha value is -2.90. The smallest absolute Gasteiger partial charge is 0.147 e. The summed E-state index contributed by atoms with van der Waals surface area (Å²) in [6.45, 7) is 3.82. The van der Waals surface area contributed by atoms with E-state index in [1.807, 2.05) is 50.2 Å². The first-order valence-corrected chi connectivity index (χ1v) is 6.89. The van der Waals surface area contributed by atoms with E-state index in [4.69, 9.17) is 0 Å². The number of hydrogen-bond acceptors (Lipinski definition) is 6. The van der Waals surface area contributed by atoms with Crippen LogP contribution in [0.3, 0.4) is 0 Å². The average Bonchev–Trinajstić information content (AvgIpc) is 2.56. The van der Waals surface area contributed by atoms with Crippen LogP contribution in [0.4, 0.5) is 11.6 Å². The minimum atomic E-state index is -0.120. The van der Waals surface area contributed by atoms with Crippen LogP contribution in [0.15, 0.2) is 69.5 Å². The second-order valence-corrected chi connectivity index (χ2v) is 4.57. The van der Waals surface area contributed by atoms with Gasteiger partial charge in [-0.15, -0.1) is 0 Å². The molecule has 114 valence electrons. The lowest BCUT2D eigenvalue weighted by Gasteiger charge is -2.08. The summed E-state index contributed by atoms with van der Waals surface area (Å²) in [7, 11) is 0. The average molecular weight is 298 g/mol. The Balaban J connectivity index is 1.77. The van der Waals surface area contributed by atoms with Gasteiger partial charge >= 0.3 is 0 Å². The molecule has 0 radical (unpaired) electrons. The van der Waals surface area contributed by atoms with Crippen molar-refractivity contribution in [1.82, 2.24) is 9.97 Å². The van der Waals surface area contributed by atoms with Crippen LogP contribution in [0.5, 0.6) is 0 Å². The lowest BCUT2D eigenvalue weighted by molar-refractivity contribution is 0.557. The van der Waals surface area contributed by atoms with Crippen LogP contribution < -0.4 is 10.9 Å².